The van der Waals surface area contributed by atoms with E-state index in [0.29, 0.717) is 22.5 Å². The van der Waals surface area contributed by atoms with E-state index >= 15 is 0 Å². The number of aromatic nitrogens is 2. The highest BCUT2D eigenvalue weighted by Gasteiger charge is 2.50. The fourth-order valence-electron chi connectivity index (χ4n) is 9.42. The van der Waals surface area contributed by atoms with Crippen molar-refractivity contribution in [3.63, 3.8) is 0 Å². The van der Waals surface area contributed by atoms with E-state index in [9.17, 15) is 0 Å². The summed E-state index contributed by atoms with van der Waals surface area (Å²) in [6.07, 6.45) is 28.6. The average molecular weight is 748 g/mol. The summed E-state index contributed by atoms with van der Waals surface area (Å²) in [7, 11) is 0. The molecule has 0 saturated heterocycles. The van der Waals surface area contributed by atoms with E-state index in [1.165, 1.54) is 49.0 Å². The van der Waals surface area contributed by atoms with Gasteiger partial charge in [-0.3, -0.25) is 0 Å². The molecule has 5 aromatic rings. The predicted molar refractivity (Wildman–Crippen MR) is 232 cm³/mol. The molecule has 11 rings (SSSR count). The van der Waals surface area contributed by atoms with Gasteiger partial charge in [-0.2, -0.15) is 0 Å². The topological polar surface area (TPSA) is 29.0 Å². The molecule has 0 fully saturated rings. The van der Waals surface area contributed by atoms with Gasteiger partial charge in [0.2, 0.25) is 0 Å². The van der Waals surface area contributed by atoms with Crippen molar-refractivity contribution < 1.29 is 0 Å². The van der Waals surface area contributed by atoms with Crippen molar-refractivity contribution in [1.82, 2.24) is 9.97 Å². The molecule has 4 aliphatic carbocycles. The van der Waals surface area contributed by atoms with Crippen LogP contribution in [0.4, 0.5) is 5.69 Å². The summed E-state index contributed by atoms with van der Waals surface area (Å²) in [4.78, 5) is 15.8. The first-order valence-corrected chi connectivity index (χ1v) is 21.5. The van der Waals surface area contributed by atoms with Gasteiger partial charge in [0, 0.05) is 54.5 Å². The minimum absolute atomic E-state index is 0.254. The molecule has 0 saturated carbocycles. The summed E-state index contributed by atoms with van der Waals surface area (Å²) in [6.45, 7) is 0. The number of fused-ring (bicyclic) bond motifs is 8. The normalized spacial score (nSPS) is 24.3. The molecule has 0 radical (unpaired) electrons. The predicted octanol–water partition coefficient (Wildman–Crippen LogP) is 12.6. The Labute approximate surface area is 332 Å². The third-order valence-electron chi connectivity index (χ3n) is 12.1. The van der Waals surface area contributed by atoms with Gasteiger partial charge in [-0.05, 0) is 78.6 Å². The van der Waals surface area contributed by atoms with Gasteiger partial charge < -0.3 is 4.90 Å². The standard InChI is InChI=1S/C50H41N3S2/c1-3-12-35(13-4-1)41-31-42(36-14-5-2-6-15-36)52-50(51-41)37-21-19-32(20-22-37)33-23-26-38(27-24-33)53-43-29-30-46-49(55-45-18-10-9-17-44(45)54-46)47(43)40-28-25-34-11-7-8-16-39(34)48(40)53/h1-6,8-10,12-14,16-23,25-26,28-31,36,43,46-47,49H,7,11,15,24,27H2/t36?,43-,46?,47?,49?/m1/s1. The van der Waals surface area contributed by atoms with E-state index in [-0.39, 0.29) is 5.92 Å². The van der Waals surface area contributed by atoms with Crippen molar-refractivity contribution in [2.75, 3.05) is 4.90 Å². The molecule has 3 nitrogen and oxygen atoms in total. The summed E-state index contributed by atoms with van der Waals surface area (Å²) in [5.41, 5.74) is 14.2. The monoisotopic (exact) mass is 747 g/mol. The largest absolute Gasteiger partial charge is 0.337 e. The first-order chi connectivity index (χ1) is 27.2. The maximum Gasteiger partial charge on any atom is 0.160 e. The van der Waals surface area contributed by atoms with Gasteiger partial charge in [-0.15, -0.1) is 23.5 Å². The Hall–Kier alpha value is -5.10. The third kappa shape index (κ3) is 5.91. The van der Waals surface area contributed by atoms with Gasteiger partial charge in [0.25, 0.3) is 0 Å². The second-order valence-electron chi connectivity index (χ2n) is 15.4. The molecule has 5 heteroatoms. The Morgan fingerprint density at radius 3 is 2.33 bits per heavy atom. The highest BCUT2D eigenvalue weighted by Crippen LogP contribution is 2.59. The number of aryl methyl sites for hydroxylation is 1. The number of rotatable bonds is 5. The Morgan fingerprint density at radius 1 is 0.673 bits per heavy atom. The smallest absolute Gasteiger partial charge is 0.160 e. The van der Waals surface area contributed by atoms with Gasteiger partial charge in [0.15, 0.2) is 5.82 Å². The zero-order valence-electron chi connectivity index (χ0n) is 30.6. The molecule has 268 valence electrons. The number of benzene rings is 4. The van der Waals surface area contributed by atoms with E-state index < -0.39 is 0 Å². The number of nitrogens with zero attached hydrogens (tertiary/aromatic N) is 3. The van der Waals surface area contributed by atoms with Crippen LogP contribution in [0, 0.1) is 0 Å². The zero-order valence-corrected chi connectivity index (χ0v) is 32.2. The fraction of sp³-hybridized carbons (Fsp3) is 0.200. The van der Waals surface area contributed by atoms with Crippen LogP contribution in [-0.4, -0.2) is 26.5 Å². The number of thioether (sulfide) groups is 2. The SMILES string of the molecule is C1=CCC(c2cc(-c3ccccc3)nc(-c3ccc(C4=CC=C(N5c6c(ccc7c6C=CCC7)C6C7Sc8ccccc8SC7C=C[C@H]65)CC4)cc3)n2)C=C1. The Bertz CT molecular complexity index is 2510. The van der Waals surface area contributed by atoms with Gasteiger partial charge >= 0.3 is 0 Å². The van der Waals surface area contributed by atoms with Crippen molar-refractivity contribution in [2.45, 2.75) is 70.3 Å². The summed E-state index contributed by atoms with van der Waals surface area (Å²) in [5, 5.41) is 0.983. The van der Waals surface area contributed by atoms with Gasteiger partial charge in [-0.25, -0.2) is 9.97 Å². The van der Waals surface area contributed by atoms with Crippen LogP contribution in [0.1, 0.15) is 65.5 Å². The van der Waals surface area contributed by atoms with Crippen LogP contribution in [0.3, 0.4) is 0 Å². The molecule has 6 aliphatic rings. The highest BCUT2D eigenvalue weighted by atomic mass is 32.2. The van der Waals surface area contributed by atoms with Crippen molar-refractivity contribution in [1.29, 1.82) is 0 Å². The number of allylic oxidation sites excluding steroid dienone is 9. The molecular weight excluding hydrogens is 707 g/mol. The second kappa shape index (κ2) is 13.9. The molecule has 1 aromatic heterocycles. The third-order valence-corrected chi connectivity index (χ3v) is 15.2. The van der Waals surface area contributed by atoms with Crippen LogP contribution >= 0.6 is 23.5 Å². The second-order valence-corrected chi connectivity index (χ2v) is 17.8. The van der Waals surface area contributed by atoms with E-state index in [1.807, 2.05) is 0 Å². The molecule has 0 N–H and O–H groups in total. The lowest BCUT2D eigenvalue weighted by Gasteiger charge is -2.41. The molecule has 55 heavy (non-hydrogen) atoms. The van der Waals surface area contributed by atoms with E-state index in [4.69, 9.17) is 9.97 Å². The first kappa shape index (κ1) is 33.3. The maximum absolute atomic E-state index is 5.13. The summed E-state index contributed by atoms with van der Waals surface area (Å²) in [6, 6.07) is 35.8. The van der Waals surface area contributed by atoms with Crippen LogP contribution in [0.25, 0.3) is 34.3 Å². The van der Waals surface area contributed by atoms with E-state index in [0.717, 1.165) is 60.4 Å². The number of hydrogen-bond donors (Lipinski definition) is 0. The van der Waals surface area contributed by atoms with E-state index in [1.54, 1.807) is 0 Å². The van der Waals surface area contributed by atoms with Gasteiger partial charge in [0.05, 0.1) is 23.1 Å². The highest BCUT2D eigenvalue weighted by molar-refractivity contribution is 8.06. The van der Waals surface area contributed by atoms with Gasteiger partial charge in [-0.1, -0.05) is 134 Å². The molecule has 4 aromatic carbocycles. The minimum Gasteiger partial charge on any atom is -0.337 e. The number of hydrogen-bond acceptors (Lipinski definition) is 5. The summed E-state index contributed by atoms with van der Waals surface area (Å²) < 4.78 is 0. The van der Waals surface area contributed by atoms with Crippen LogP contribution in [0.2, 0.25) is 0 Å². The zero-order chi connectivity index (χ0) is 36.3. The van der Waals surface area contributed by atoms with E-state index in [2.05, 4.69) is 186 Å². The molecule has 0 amide bonds. The molecular formula is C50H41N3S2. The lowest BCUT2D eigenvalue weighted by Crippen LogP contribution is -2.42. The lowest BCUT2D eigenvalue weighted by atomic mass is 9.84. The van der Waals surface area contributed by atoms with Crippen molar-refractivity contribution in [2.24, 2.45) is 0 Å². The van der Waals surface area contributed by atoms with Crippen LogP contribution in [0.15, 0.2) is 167 Å². The molecule has 0 spiro atoms. The Morgan fingerprint density at radius 2 is 1.51 bits per heavy atom. The molecule has 3 heterocycles. The van der Waals surface area contributed by atoms with Crippen molar-refractivity contribution >= 4 is 40.9 Å². The van der Waals surface area contributed by atoms with Crippen molar-refractivity contribution in [3.05, 3.63) is 185 Å². The lowest BCUT2D eigenvalue weighted by molar-refractivity contribution is 0.576. The molecule has 2 aliphatic heterocycles. The first-order valence-electron chi connectivity index (χ1n) is 19.8. The van der Waals surface area contributed by atoms with Crippen molar-refractivity contribution in [3.8, 4) is 22.6 Å². The average Bonchev–Trinajstić information content (AvgIpc) is 3.62. The van der Waals surface area contributed by atoms with Crippen LogP contribution in [-0.2, 0) is 6.42 Å². The fourth-order valence-corrected chi connectivity index (χ4v) is 12.5. The Balaban J connectivity index is 0.918. The molecule has 0 bridgehead atoms. The van der Waals surface area contributed by atoms with Crippen LogP contribution in [0.5, 0.6) is 0 Å². The number of anilines is 1. The molecule has 4 unspecified atom stereocenters. The Kier molecular flexibility index (Phi) is 8.39. The van der Waals surface area contributed by atoms with Gasteiger partial charge in [0.1, 0.15) is 0 Å². The minimum atomic E-state index is 0.254. The summed E-state index contributed by atoms with van der Waals surface area (Å²) >= 11 is 4.17. The summed E-state index contributed by atoms with van der Waals surface area (Å²) in [5.74, 6) is 1.49. The maximum atomic E-state index is 5.13. The molecule has 5 atom stereocenters. The van der Waals surface area contributed by atoms with Crippen LogP contribution < -0.4 is 4.90 Å². The quantitative estimate of drug-likeness (QED) is 0.167.